The molecule has 3 rings (SSSR count). The Kier molecular flexibility index (Phi) is 4.05. The first-order valence-electron chi connectivity index (χ1n) is 7.66. The minimum Gasteiger partial charge on any atom is -0.478 e. The maximum absolute atomic E-state index is 13.0. The van der Waals surface area contributed by atoms with Gasteiger partial charge in [-0.1, -0.05) is 12.1 Å². The maximum atomic E-state index is 13.0. The highest BCUT2D eigenvalue weighted by Crippen LogP contribution is 2.47. The number of amides is 1. The summed E-state index contributed by atoms with van der Waals surface area (Å²) in [5.74, 6) is -1.69. The van der Waals surface area contributed by atoms with Gasteiger partial charge in [0.05, 0.1) is 11.3 Å². The molecule has 0 saturated heterocycles. The van der Waals surface area contributed by atoms with Gasteiger partial charge in [0.25, 0.3) is 5.91 Å². The summed E-state index contributed by atoms with van der Waals surface area (Å²) < 4.78 is 13.0. The van der Waals surface area contributed by atoms with Crippen molar-refractivity contribution >= 4 is 11.9 Å². The van der Waals surface area contributed by atoms with Crippen LogP contribution in [0.5, 0.6) is 0 Å². The summed E-state index contributed by atoms with van der Waals surface area (Å²) >= 11 is 0. The number of benzene rings is 1. The molecule has 1 aromatic heterocycles. The van der Waals surface area contributed by atoms with Crippen molar-refractivity contribution < 1.29 is 19.1 Å². The summed E-state index contributed by atoms with van der Waals surface area (Å²) in [6.07, 6.45) is 1.87. The predicted molar refractivity (Wildman–Crippen MR) is 85.6 cm³/mol. The smallest absolute Gasteiger partial charge is 0.337 e. The number of carbonyl (C=O) groups excluding carboxylic acids is 1. The molecule has 0 spiro atoms. The molecule has 6 heteroatoms. The van der Waals surface area contributed by atoms with E-state index in [9.17, 15) is 14.0 Å². The van der Waals surface area contributed by atoms with Gasteiger partial charge in [0.15, 0.2) is 0 Å². The van der Waals surface area contributed by atoms with E-state index >= 15 is 0 Å². The van der Waals surface area contributed by atoms with Gasteiger partial charge in [-0.25, -0.2) is 14.2 Å². The lowest BCUT2D eigenvalue weighted by Crippen LogP contribution is -2.33. The van der Waals surface area contributed by atoms with Gasteiger partial charge in [0, 0.05) is 12.0 Å². The van der Waals surface area contributed by atoms with Gasteiger partial charge in [-0.05, 0) is 49.6 Å². The highest BCUT2D eigenvalue weighted by molar-refractivity contribution is 5.94. The number of rotatable bonds is 5. The van der Waals surface area contributed by atoms with Gasteiger partial charge >= 0.3 is 5.97 Å². The molecule has 0 atom stereocenters. The van der Waals surface area contributed by atoms with Crippen LogP contribution in [0.1, 0.15) is 44.9 Å². The van der Waals surface area contributed by atoms with Crippen molar-refractivity contribution in [2.24, 2.45) is 0 Å². The first-order chi connectivity index (χ1) is 11.4. The second kappa shape index (κ2) is 6.03. The summed E-state index contributed by atoms with van der Waals surface area (Å²) in [5.41, 5.74) is 1.44. The Morgan fingerprint density at radius 2 is 1.88 bits per heavy atom. The first kappa shape index (κ1) is 16.1. The number of nitrogens with one attached hydrogen (secondary N) is 1. The third-order valence-electron chi connectivity index (χ3n) is 4.45. The SMILES string of the molecule is Cc1nc(C(=O)NCC2(c3ccc(F)cc3)CC2)ccc1C(=O)O. The van der Waals surface area contributed by atoms with Crippen LogP contribution in [0, 0.1) is 12.7 Å². The minimum absolute atomic E-state index is 0.0801. The van der Waals surface area contributed by atoms with E-state index in [1.54, 1.807) is 19.1 Å². The normalized spacial score (nSPS) is 14.9. The lowest BCUT2D eigenvalue weighted by Gasteiger charge is -2.16. The molecule has 2 N–H and O–H groups in total. The Morgan fingerprint density at radius 1 is 1.21 bits per heavy atom. The van der Waals surface area contributed by atoms with E-state index < -0.39 is 5.97 Å². The van der Waals surface area contributed by atoms with Gasteiger partial charge in [0.1, 0.15) is 11.5 Å². The number of aryl methyl sites for hydroxylation is 1. The lowest BCUT2D eigenvalue weighted by molar-refractivity contribution is 0.0694. The number of hydrogen-bond acceptors (Lipinski definition) is 3. The van der Waals surface area contributed by atoms with E-state index in [1.165, 1.54) is 24.3 Å². The van der Waals surface area contributed by atoms with Crippen LogP contribution in [0.15, 0.2) is 36.4 Å². The molecule has 1 saturated carbocycles. The number of halogens is 1. The van der Waals surface area contributed by atoms with E-state index in [1.807, 2.05) is 0 Å². The first-order valence-corrected chi connectivity index (χ1v) is 7.66. The fourth-order valence-corrected chi connectivity index (χ4v) is 2.78. The molecule has 0 aliphatic heterocycles. The Morgan fingerprint density at radius 3 is 2.42 bits per heavy atom. The lowest BCUT2D eigenvalue weighted by atomic mass is 9.96. The molecule has 1 aliphatic carbocycles. The van der Waals surface area contributed by atoms with Crippen molar-refractivity contribution in [1.29, 1.82) is 0 Å². The molecule has 1 aliphatic rings. The van der Waals surface area contributed by atoms with Gasteiger partial charge in [-0.15, -0.1) is 0 Å². The number of aromatic carboxylic acids is 1. The van der Waals surface area contributed by atoms with Gasteiger partial charge in [-0.3, -0.25) is 4.79 Å². The molecule has 1 heterocycles. The van der Waals surface area contributed by atoms with Gasteiger partial charge < -0.3 is 10.4 Å². The van der Waals surface area contributed by atoms with Crippen LogP contribution >= 0.6 is 0 Å². The number of aromatic nitrogens is 1. The van der Waals surface area contributed by atoms with Crippen LogP contribution in [0.3, 0.4) is 0 Å². The second-order valence-electron chi connectivity index (χ2n) is 6.10. The van der Waals surface area contributed by atoms with Crippen molar-refractivity contribution in [3.8, 4) is 0 Å². The zero-order valence-electron chi connectivity index (χ0n) is 13.2. The monoisotopic (exact) mass is 328 g/mol. The third kappa shape index (κ3) is 3.13. The Labute approximate surface area is 138 Å². The van der Waals surface area contributed by atoms with Gasteiger partial charge in [-0.2, -0.15) is 0 Å². The van der Waals surface area contributed by atoms with Crippen LogP contribution < -0.4 is 5.32 Å². The molecule has 24 heavy (non-hydrogen) atoms. The van der Waals surface area contributed by atoms with E-state index in [0.717, 1.165) is 18.4 Å². The van der Waals surface area contributed by atoms with Crippen molar-refractivity contribution in [2.45, 2.75) is 25.2 Å². The molecule has 0 unspecified atom stereocenters. The van der Waals surface area contributed by atoms with E-state index in [-0.39, 0.29) is 28.4 Å². The fourth-order valence-electron chi connectivity index (χ4n) is 2.78. The predicted octanol–water partition coefficient (Wildman–Crippen LogP) is 2.69. The van der Waals surface area contributed by atoms with Crippen molar-refractivity contribution in [3.63, 3.8) is 0 Å². The minimum atomic E-state index is -1.07. The quantitative estimate of drug-likeness (QED) is 0.884. The van der Waals surface area contributed by atoms with E-state index in [0.29, 0.717) is 12.2 Å². The third-order valence-corrected chi connectivity index (χ3v) is 4.45. The van der Waals surface area contributed by atoms with Crippen molar-refractivity contribution in [2.75, 3.05) is 6.54 Å². The number of carboxylic acid groups (broad SMARTS) is 1. The fraction of sp³-hybridized carbons (Fsp3) is 0.278. The summed E-state index contributed by atoms with van der Waals surface area (Å²) in [5, 5.41) is 11.8. The van der Waals surface area contributed by atoms with E-state index in [2.05, 4.69) is 10.3 Å². The molecule has 0 radical (unpaired) electrons. The Balaban J connectivity index is 1.68. The number of hydrogen-bond donors (Lipinski definition) is 2. The second-order valence-corrected chi connectivity index (χ2v) is 6.10. The number of carbonyl (C=O) groups is 2. The zero-order valence-corrected chi connectivity index (χ0v) is 13.2. The molecule has 1 amide bonds. The molecule has 0 bridgehead atoms. The average Bonchev–Trinajstić information content (AvgIpc) is 3.34. The van der Waals surface area contributed by atoms with Crippen molar-refractivity contribution in [1.82, 2.24) is 10.3 Å². The molecular weight excluding hydrogens is 311 g/mol. The summed E-state index contributed by atoms with van der Waals surface area (Å²) in [4.78, 5) is 27.3. The van der Waals surface area contributed by atoms with Crippen LogP contribution in [-0.2, 0) is 5.41 Å². The number of pyridine rings is 1. The molecule has 1 fully saturated rings. The summed E-state index contributed by atoms with van der Waals surface area (Å²) in [7, 11) is 0. The zero-order chi connectivity index (χ0) is 17.3. The van der Waals surface area contributed by atoms with Crippen LogP contribution in [0.4, 0.5) is 4.39 Å². The molecule has 124 valence electrons. The number of carboxylic acids is 1. The summed E-state index contributed by atoms with van der Waals surface area (Å²) in [6, 6.07) is 9.13. The van der Waals surface area contributed by atoms with E-state index in [4.69, 9.17) is 5.11 Å². The van der Waals surface area contributed by atoms with Crippen LogP contribution in [-0.4, -0.2) is 28.5 Å². The van der Waals surface area contributed by atoms with Crippen LogP contribution in [0.25, 0.3) is 0 Å². The molecule has 5 nitrogen and oxygen atoms in total. The highest BCUT2D eigenvalue weighted by Gasteiger charge is 2.44. The van der Waals surface area contributed by atoms with Gasteiger partial charge in [0.2, 0.25) is 0 Å². The van der Waals surface area contributed by atoms with Crippen LogP contribution in [0.2, 0.25) is 0 Å². The maximum Gasteiger partial charge on any atom is 0.337 e. The topological polar surface area (TPSA) is 79.3 Å². The largest absolute Gasteiger partial charge is 0.478 e. The molecule has 2 aromatic rings. The Bertz CT molecular complexity index is 798. The average molecular weight is 328 g/mol. The molecule has 1 aromatic carbocycles. The Hall–Kier alpha value is -2.76. The number of nitrogens with zero attached hydrogens (tertiary/aromatic N) is 1. The standard InChI is InChI=1S/C18H17FN2O3/c1-11-14(17(23)24)6-7-15(21-11)16(22)20-10-18(8-9-18)12-2-4-13(19)5-3-12/h2-7H,8-10H2,1H3,(H,20,22)(H,23,24). The molecular formula is C18H17FN2O3. The highest BCUT2D eigenvalue weighted by atomic mass is 19.1. The van der Waals surface area contributed by atoms with Crippen molar-refractivity contribution in [3.05, 3.63) is 64.7 Å². The summed E-state index contributed by atoms with van der Waals surface area (Å²) in [6.45, 7) is 2.00.